The number of fused-ring (bicyclic) bond motifs is 9. The Hall–Kier alpha value is -6.92. The second kappa shape index (κ2) is 37.8. The van der Waals surface area contributed by atoms with Gasteiger partial charge in [0, 0.05) is 69.6 Å². The van der Waals surface area contributed by atoms with Gasteiger partial charge in [0.25, 0.3) is 0 Å². The molecule has 2 aliphatic heterocycles. The van der Waals surface area contributed by atoms with Gasteiger partial charge in [-0.15, -0.1) is 0 Å². The van der Waals surface area contributed by atoms with Crippen LogP contribution in [-0.4, -0.2) is 113 Å². The zero-order valence-corrected chi connectivity index (χ0v) is 63.3. The number of hydrogen-bond acceptors (Lipinski definition) is 19. The molecule has 0 spiro atoms. The largest absolute Gasteiger partial charge is 0.463 e. The van der Waals surface area contributed by atoms with Crippen molar-refractivity contribution in [3.8, 4) is 0 Å². The summed E-state index contributed by atoms with van der Waals surface area (Å²) < 4.78 is 46.8. The monoisotopic (exact) mass is 1400 g/mol. The van der Waals surface area contributed by atoms with E-state index in [1.165, 1.54) is 71.1 Å². The molecule has 19 heteroatoms. The Kier molecular flexibility index (Phi) is 32.3. The topological polar surface area (TPSA) is 254 Å². The lowest BCUT2D eigenvalue weighted by atomic mass is 9.65. The molecule has 10 aliphatic rings. The molecule has 0 aromatic heterocycles. The van der Waals surface area contributed by atoms with Crippen LogP contribution in [0.25, 0.3) is 0 Å². The SMILES string of the molecule is C=C(C)C(=O)OC1(C(C)(C)C)CCCC1.C=C(C)C(=O)OC1(C)CCC(=O)CC1.C=C(C)C(=O)OC1(C)CCCCC1.C=C(C)C(=O)OC1(CC)CC2CC1C1C3CCC(C3)C21.C=C(C)C(=O)OC1(CC)CCCCC1.C=C(C)C(=O)OC1CCOC1=O.C=C(C)C(=O)OC1COC(=O)C1. The molecule has 0 N–H and O–H groups in total. The Morgan fingerprint density at radius 1 is 0.470 bits per heavy atom. The molecule has 9 unspecified atom stereocenters. The van der Waals surface area contributed by atoms with Gasteiger partial charge in [-0.3, -0.25) is 9.59 Å². The minimum absolute atomic E-state index is 0.00854. The lowest BCUT2D eigenvalue weighted by molar-refractivity contribution is -0.168. The summed E-state index contributed by atoms with van der Waals surface area (Å²) in [5.41, 5.74) is 1.74. The Morgan fingerprint density at radius 2 is 0.900 bits per heavy atom. The van der Waals surface area contributed by atoms with Crippen molar-refractivity contribution in [1.82, 2.24) is 0 Å². The summed E-state index contributed by atoms with van der Waals surface area (Å²) in [6, 6.07) is 0. The summed E-state index contributed by atoms with van der Waals surface area (Å²) in [7, 11) is 0. The minimum atomic E-state index is -0.728. The first-order valence-corrected chi connectivity index (χ1v) is 36.6. The molecule has 100 heavy (non-hydrogen) atoms. The fourth-order valence-electron chi connectivity index (χ4n) is 15.6. The molecule has 10 rings (SSSR count). The number of carbonyl (C=O) groups is 10. The zero-order chi connectivity index (χ0) is 75.3. The highest BCUT2D eigenvalue weighted by atomic mass is 16.6. The Bertz CT molecular complexity index is 3010. The number of carbonyl (C=O) groups excluding carboxylic acids is 10. The number of esters is 9. The molecule has 0 aromatic rings. The van der Waals surface area contributed by atoms with Crippen molar-refractivity contribution in [2.75, 3.05) is 13.2 Å². The fourth-order valence-corrected chi connectivity index (χ4v) is 15.6. The molecule has 19 nitrogen and oxygen atoms in total. The number of hydrogen-bond donors (Lipinski definition) is 0. The highest BCUT2D eigenvalue weighted by Gasteiger charge is 2.68. The van der Waals surface area contributed by atoms with Crippen LogP contribution in [0, 0.1) is 40.9 Å². The van der Waals surface area contributed by atoms with Crippen LogP contribution < -0.4 is 0 Å². The van der Waals surface area contributed by atoms with Crippen LogP contribution >= 0.6 is 0 Å². The molecular formula is C81H122O19. The Balaban J connectivity index is 0.000000250. The third-order valence-corrected chi connectivity index (χ3v) is 21.7. The summed E-state index contributed by atoms with van der Waals surface area (Å²) >= 11 is 0. The van der Waals surface area contributed by atoms with Crippen molar-refractivity contribution < 1.29 is 90.6 Å². The highest BCUT2D eigenvalue weighted by molar-refractivity contribution is 5.91. The molecule has 10 fully saturated rings. The molecule has 560 valence electrons. The summed E-state index contributed by atoms with van der Waals surface area (Å²) in [5.74, 6) is 2.46. The van der Waals surface area contributed by atoms with Crippen LogP contribution in [0.5, 0.6) is 0 Å². The van der Waals surface area contributed by atoms with Crippen LogP contribution in [-0.2, 0) is 90.6 Å². The van der Waals surface area contributed by atoms with Gasteiger partial charge in [-0.25, -0.2) is 38.4 Å². The van der Waals surface area contributed by atoms with Crippen molar-refractivity contribution in [2.24, 2.45) is 40.9 Å². The maximum atomic E-state index is 12.1. The Labute approximate surface area is 597 Å². The van der Waals surface area contributed by atoms with Crippen molar-refractivity contribution in [2.45, 2.75) is 311 Å². The maximum absolute atomic E-state index is 12.1. The molecule has 8 saturated carbocycles. The smallest absolute Gasteiger partial charge is 0.347 e. The van der Waals surface area contributed by atoms with E-state index < -0.39 is 35.7 Å². The second-order valence-electron chi connectivity index (χ2n) is 31.4. The first-order valence-electron chi connectivity index (χ1n) is 36.6. The van der Waals surface area contributed by atoms with Crippen molar-refractivity contribution in [1.29, 1.82) is 0 Å². The quantitative estimate of drug-likeness (QED) is 0.0602. The molecule has 0 amide bonds. The third-order valence-electron chi connectivity index (χ3n) is 21.7. The van der Waals surface area contributed by atoms with E-state index >= 15 is 0 Å². The van der Waals surface area contributed by atoms with Crippen molar-refractivity contribution in [3.63, 3.8) is 0 Å². The van der Waals surface area contributed by atoms with Gasteiger partial charge in [0.05, 0.1) is 13.0 Å². The lowest BCUT2D eigenvalue weighted by Crippen LogP contribution is -2.47. The highest BCUT2D eigenvalue weighted by Crippen LogP contribution is 2.71. The fraction of sp³-hybridized carbons (Fsp3) is 0.704. The van der Waals surface area contributed by atoms with E-state index in [9.17, 15) is 47.9 Å². The number of rotatable bonds is 16. The van der Waals surface area contributed by atoms with Gasteiger partial charge in [0.2, 0.25) is 6.10 Å². The van der Waals surface area contributed by atoms with Gasteiger partial charge >= 0.3 is 53.7 Å². The average molecular weight is 1400 g/mol. The van der Waals surface area contributed by atoms with Gasteiger partial charge in [0.1, 0.15) is 46.5 Å². The van der Waals surface area contributed by atoms with Gasteiger partial charge in [-0.05, 0) is 227 Å². The van der Waals surface area contributed by atoms with Gasteiger partial charge in [-0.1, -0.05) is 93.5 Å². The van der Waals surface area contributed by atoms with Crippen molar-refractivity contribution >= 4 is 59.5 Å². The van der Waals surface area contributed by atoms with Gasteiger partial charge in [0.15, 0.2) is 0 Å². The molecule has 9 atom stereocenters. The number of ketones is 1. The van der Waals surface area contributed by atoms with Crippen LogP contribution in [0.1, 0.15) is 270 Å². The number of Topliss-reactive ketones (excluding diaryl/α,β-unsaturated/α-hetero) is 1. The first-order chi connectivity index (χ1) is 46.6. The Morgan fingerprint density at radius 3 is 1.33 bits per heavy atom. The van der Waals surface area contributed by atoms with Crippen LogP contribution in [0.2, 0.25) is 0 Å². The lowest BCUT2D eigenvalue weighted by Gasteiger charge is -2.45. The van der Waals surface area contributed by atoms with Crippen LogP contribution in [0.3, 0.4) is 0 Å². The summed E-state index contributed by atoms with van der Waals surface area (Å²) in [5, 5.41) is 0. The molecule has 2 heterocycles. The molecule has 2 saturated heterocycles. The summed E-state index contributed by atoms with van der Waals surface area (Å²) in [6.45, 7) is 51.6. The van der Waals surface area contributed by atoms with E-state index in [0.29, 0.717) is 78.1 Å². The van der Waals surface area contributed by atoms with Gasteiger partial charge < -0.3 is 42.6 Å². The summed E-state index contributed by atoms with van der Waals surface area (Å²) in [4.78, 5) is 112. The standard InChI is InChI=1S/C18H26O2.C13H22O2.C12H20O2.C11H16O3.C11H18O2.2C8H10O4/c1-4-18(20-17(19)10(2)3)9-13-8-14(18)16-12-6-5-11(7-12)15(13)16;1-10(2)11(14)15-13(12(3,4)5)8-6-7-9-13;1-4-12(8-6-5-7-9-12)14-11(13)10(2)3;1-8(2)10(13)14-11(3)6-4-9(12)5-7-11;1-9(2)10(12)13-11(3)7-5-4-6-8-11;1-5(2)8(10)12-6-3-7(9)11-4-6;1-5(2)7(9)12-6-3-4-11-8(6)10/h11-16H,2,4-9H2,1,3H3;1,6-9H2,2-5H3;2,4-9H2,1,3H3;1,4-7H2,2-3H3;1,4-8H2,2-3H3;2*6H,1,3-4H2,2H3. The van der Waals surface area contributed by atoms with E-state index in [-0.39, 0.29) is 88.0 Å². The predicted octanol–water partition coefficient (Wildman–Crippen LogP) is 16.3. The second-order valence-corrected chi connectivity index (χ2v) is 31.4. The third kappa shape index (κ3) is 24.7. The van der Waals surface area contributed by atoms with E-state index in [2.05, 4.69) is 90.1 Å². The molecule has 8 aliphatic carbocycles. The van der Waals surface area contributed by atoms with Crippen LogP contribution in [0.4, 0.5) is 0 Å². The molecular weight excluding hydrogens is 1280 g/mol. The average Bonchev–Trinajstić information content (AvgIpc) is 1.53. The summed E-state index contributed by atoms with van der Waals surface area (Å²) in [6.07, 6.45) is 26.0. The number of cyclic esters (lactones) is 2. The van der Waals surface area contributed by atoms with E-state index in [0.717, 1.165) is 100 Å². The molecule has 0 aromatic carbocycles. The minimum Gasteiger partial charge on any atom is -0.463 e. The normalized spacial score (nSPS) is 26.8. The first kappa shape index (κ1) is 85.5. The molecule has 0 radical (unpaired) electrons. The number of ether oxygens (including phenoxy) is 9. The van der Waals surface area contributed by atoms with E-state index in [1.807, 2.05) is 13.8 Å². The van der Waals surface area contributed by atoms with Crippen LogP contribution in [0.15, 0.2) is 85.1 Å². The molecule has 4 bridgehead atoms. The van der Waals surface area contributed by atoms with E-state index in [1.54, 1.807) is 41.5 Å². The predicted molar refractivity (Wildman–Crippen MR) is 382 cm³/mol. The van der Waals surface area contributed by atoms with Crippen molar-refractivity contribution in [3.05, 3.63) is 85.1 Å². The zero-order valence-electron chi connectivity index (χ0n) is 63.3. The van der Waals surface area contributed by atoms with E-state index in [4.69, 9.17) is 33.2 Å². The maximum Gasteiger partial charge on any atom is 0.347 e. The van der Waals surface area contributed by atoms with Gasteiger partial charge in [-0.2, -0.15) is 0 Å².